The molecule has 374 valence electrons. The van der Waals surface area contributed by atoms with Gasteiger partial charge in [-0.3, -0.25) is 28.9 Å². The number of allylic oxidation sites excluding steroid dienone is 1. The highest BCUT2D eigenvalue weighted by Gasteiger charge is 2.70. The van der Waals surface area contributed by atoms with Crippen LogP contribution in [-0.4, -0.2) is 136 Å². The number of hydrogen-bond donors (Lipinski definition) is 4. The Morgan fingerprint density at radius 1 is 0.836 bits per heavy atom. The van der Waals surface area contributed by atoms with E-state index >= 15 is 0 Å². The van der Waals surface area contributed by atoms with Gasteiger partial charge in [0.15, 0.2) is 18.7 Å². The molecule has 0 spiro atoms. The Bertz CT molecular complexity index is 1910. The summed E-state index contributed by atoms with van der Waals surface area (Å²) in [5.41, 5.74) is -1.23. The zero-order valence-corrected chi connectivity index (χ0v) is 40.2. The molecule has 0 radical (unpaired) electrons. The van der Waals surface area contributed by atoms with Crippen molar-refractivity contribution in [2.45, 2.75) is 192 Å². The molecule has 6 fully saturated rings. The Labute approximate surface area is 394 Å². The number of ether oxygens (including phenoxy) is 6. The average molecular weight is 942 g/mol. The predicted molar refractivity (Wildman–Crippen MR) is 239 cm³/mol. The van der Waals surface area contributed by atoms with Crippen LogP contribution in [0.4, 0.5) is 0 Å². The molecule has 67 heavy (non-hydrogen) atoms. The summed E-state index contributed by atoms with van der Waals surface area (Å²) < 4.78 is 36.8. The van der Waals surface area contributed by atoms with Gasteiger partial charge in [-0.1, -0.05) is 46.3 Å². The van der Waals surface area contributed by atoms with Crippen molar-refractivity contribution in [3.05, 3.63) is 23.8 Å². The third kappa shape index (κ3) is 9.73. The SMILES string of the molecule is CC(=O)O[C@H]1C(O[C@H]2CC3C4CC=C5C[C@@H](OC(=O)C6CCC(CN7C(=O)C=CC7=O)CC6)CC[C@]5(C)C4CC[C@]3(C)[C@@]2(O)[C@H](C)C(=O)CCC(C)C)OC[C@H](O)[C@@H]1O[C@H]1C[C@@H](O)[C@H](O)CO1. The van der Waals surface area contributed by atoms with Crippen LogP contribution in [0.5, 0.6) is 0 Å². The first kappa shape index (κ1) is 50.3. The van der Waals surface area contributed by atoms with Gasteiger partial charge in [0.05, 0.1) is 31.3 Å². The molecular formula is C51H75NO15. The summed E-state index contributed by atoms with van der Waals surface area (Å²) in [5.74, 6) is -1.62. The van der Waals surface area contributed by atoms with Gasteiger partial charge in [0, 0.05) is 56.2 Å². The van der Waals surface area contributed by atoms with E-state index in [-0.39, 0.29) is 90.2 Å². The monoisotopic (exact) mass is 942 g/mol. The minimum atomic E-state index is -1.64. The second-order valence-electron chi connectivity index (χ2n) is 22.2. The summed E-state index contributed by atoms with van der Waals surface area (Å²) in [7, 11) is 0. The molecule has 3 heterocycles. The lowest BCUT2D eigenvalue weighted by Crippen LogP contribution is -2.63. The van der Waals surface area contributed by atoms with Crippen LogP contribution in [0, 0.1) is 52.3 Å². The lowest BCUT2D eigenvalue weighted by Gasteiger charge is -2.59. The molecule has 0 aromatic carbocycles. The number of aliphatic hydroxyl groups excluding tert-OH is 3. The molecule has 0 aromatic rings. The van der Waals surface area contributed by atoms with Gasteiger partial charge in [-0.25, -0.2) is 0 Å². The number of imide groups is 1. The number of carbonyl (C=O) groups excluding carboxylic acids is 5. The zero-order valence-electron chi connectivity index (χ0n) is 40.2. The van der Waals surface area contributed by atoms with E-state index in [4.69, 9.17) is 28.4 Å². The van der Waals surface area contributed by atoms with E-state index in [9.17, 15) is 44.4 Å². The summed E-state index contributed by atoms with van der Waals surface area (Å²) in [6.07, 6.45) is 4.14. The molecule has 5 aliphatic carbocycles. The van der Waals surface area contributed by atoms with Crippen LogP contribution in [0.3, 0.4) is 0 Å². The smallest absolute Gasteiger partial charge is 0.309 e. The Kier molecular flexibility index (Phi) is 15.0. The number of fused-ring (bicyclic) bond motifs is 5. The second-order valence-corrected chi connectivity index (χ2v) is 22.2. The summed E-state index contributed by atoms with van der Waals surface area (Å²) in [4.78, 5) is 65.9. The largest absolute Gasteiger partial charge is 0.462 e. The number of ketones is 1. The van der Waals surface area contributed by atoms with Gasteiger partial charge in [0.1, 0.15) is 35.8 Å². The molecule has 2 amide bonds. The molecule has 16 atom stereocenters. The third-order valence-corrected chi connectivity index (χ3v) is 17.9. The van der Waals surface area contributed by atoms with Crippen LogP contribution in [-0.2, 0) is 52.4 Å². The highest BCUT2D eigenvalue weighted by atomic mass is 16.7. The van der Waals surface area contributed by atoms with E-state index in [1.54, 1.807) is 0 Å². The summed E-state index contributed by atoms with van der Waals surface area (Å²) >= 11 is 0. The van der Waals surface area contributed by atoms with Gasteiger partial charge in [0.25, 0.3) is 11.8 Å². The molecule has 16 nitrogen and oxygen atoms in total. The number of hydrogen-bond acceptors (Lipinski definition) is 15. The molecule has 3 aliphatic heterocycles. The van der Waals surface area contributed by atoms with Gasteiger partial charge in [0.2, 0.25) is 0 Å². The quantitative estimate of drug-likeness (QED) is 0.107. The standard InChI is InChI=1S/C51H75NO15/c1-27(2)7-14-37(54)28(3)51(61)41(66-48-46(64-29(4)53)45(40(57)26-63-48)67-44-23-38(55)39(56)25-62-44)22-36-34-13-12-32-21-33(17-19-49(32,5)35(34)18-20-50(36,51)6)65-47(60)31-10-8-30(9-11-31)24-52-42(58)15-16-43(52)59/h12,15-16,27-28,30-31,33-36,38-41,44-46,48,55-57,61H,7-11,13-14,17-26H2,1-6H3/t28-,30?,31?,33+,34?,35?,36?,38-,39-,40+,41+,44+,45+,46-,48?,49+,50+,51-/m1/s1. The van der Waals surface area contributed by atoms with Crippen molar-refractivity contribution in [3.8, 4) is 0 Å². The predicted octanol–water partition coefficient (Wildman–Crippen LogP) is 4.46. The Hall–Kier alpha value is -3.09. The van der Waals surface area contributed by atoms with E-state index in [0.29, 0.717) is 51.5 Å². The summed E-state index contributed by atoms with van der Waals surface area (Å²) in [6.45, 7) is 11.6. The van der Waals surface area contributed by atoms with Crippen molar-refractivity contribution in [3.63, 3.8) is 0 Å². The van der Waals surface area contributed by atoms with Crippen LogP contribution >= 0.6 is 0 Å². The first-order chi connectivity index (χ1) is 31.7. The maximum atomic E-state index is 14.2. The molecule has 4 unspecified atom stereocenters. The van der Waals surface area contributed by atoms with Gasteiger partial charge < -0.3 is 48.8 Å². The first-order valence-electron chi connectivity index (χ1n) is 25.2. The highest BCUT2D eigenvalue weighted by Crippen LogP contribution is 2.69. The van der Waals surface area contributed by atoms with Gasteiger partial charge in [-0.05, 0) is 106 Å². The van der Waals surface area contributed by atoms with Crippen molar-refractivity contribution < 1.29 is 72.8 Å². The number of Topliss-reactive ketones (excluding diaryl/α,β-unsaturated/α-hetero) is 1. The van der Waals surface area contributed by atoms with Gasteiger partial charge in [-0.2, -0.15) is 0 Å². The van der Waals surface area contributed by atoms with Crippen LogP contribution < -0.4 is 0 Å². The van der Waals surface area contributed by atoms with E-state index in [0.717, 1.165) is 38.5 Å². The molecule has 0 aromatic heterocycles. The Morgan fingerprint density at radius 3 is 2.21 bits per heavy atom. The van der Waals surface area contributed by atoms with Crippen molar-refractivity contribution in [1.82, 2.24) is 4.90 Å². The van der Waals surface area contributed by atoms with Crippen molar-refractivity contribution >= 4 is 29.5 Å². The first-order valence-corrected chi connectivity index (χ1v) is 25.2. The van der Waals surface area contributed by atoms with E-state index in [1.807, 2.05) is 6.92 Å². The maximum Gasteiger partial charge on any atom is 0.309 e. The van der Waals surface area contributed by atoms with Crippen molar-refractivity contribution in [2.75, 3.05) is 19.8 Å². The van der Waals surface area contributed by atoms with Crippen LogP contribution in [0.2, 0.25) is 0 Å². The lowest BCUT2D eigenvalue weighted by molar-refractivity contribution is -0.333. The third-order valence-electron chi connectivity index (χ3n) is 17.9. The van der Waals surface area contributed by atoms with E-state index < -0.39 is 72.1 Å². The lowest BCUT2D eigenvalue weighted by atomic mass is 9.46. The second kappa shape index (κ2) is 20.0. The summed E-state index contributed by atoms with van der Waals surface area (Å²) in [6, 6.07) is 0. The number of esters is 2. The molecule has 4 N–H and O–H groups in total. The molecule has 16 heteroatoms. The number of carbonyl (C=O) groups is 5. The molecular weight excluding hydrogens is 867 g/mol. The van der Waals surface area contributed by atoms with Crippen LogP contribution in [0.25, 0.3) is 0 Å². The normalized spacial score (nSPS) is 43.5. The zero-order chi connectivity index (χ0) is 48.2. The molecule has 4 saturated carbocycles. The fraction of sp³-hybridized carbons (Fsp3) is 0.824. The fourth-order valence-corrected chi connectivity index (χ4v) is 13.8. The number of aliphatic hydroxyl groups is 4. The fourth-order valence-electron chi connectivity index (χ4n) is 13.8. The van der Waals surface area contributed by atoms with Crippen molar-refractivity contribution in [2.24, 2.45) is 52.3 Å². The average Bonchev–Trinajstić information content (AvgIpc) is 3.72. The maximum absolute atomic E-state index is 14.2. The minimum absolute atomic E-state index is 0.0481. The van der Waals surface area contributed by atoms with Crippen LogP contribution in [0.15, 0.2) is 23.8 Å². The Balaban J connectivity index is 0.982. The summed E-state index contributed by atoms with van der Waals surface area (Å²) in [5, 5.41) is 45.0. The Morgan fingerprint density at radius 2 is 1.54 bits per heavy atom. The van der Waals surface area contributed by atoms with Gasteiger partial charge in [-0.15, -0.1) is 0 Å². The van der Waals surface area contributed by atoms with E-state index in [2.05, 4.69) is 33.8 Å². The van der Waals surface area contributed by atoms with E-state index in [1.165, 1.54) is 29.5 Å². The number of amides is 2. The molecule has 2 saturated heterocycles. The van der Waals surface area contributed by atoms with Gasteiger partial charge >= 0.3 is 11.9 Å². The highest BCUT2D eigenvalue weighted by molar-refractivity contribution is 6.12. The molecule has 8 aliphatic rings. The minimum Gasteiger partial charge on any atom is -0.462 e. The number of rotatable bonds is 14. The molecule has 0 bridgehead atoms. The number of nitrogens with zero attached hydrogens (tertiary/aromatic N) is 1. The topological polar surface area (TPSA) is 225 Å². The van der Waals surface area contributed by atoms with Crippen LogP contribution in [0.1, 0.15) is 131 Å². The van der Waals surface area contributed by atoms with Crippen molar-refractivity contribution in [1.29, 1.82) is 0 Å². The molecule has 8 rings (SSSR count).